The minimum Gasteiger partial charge on any atom is -0.462 e. The van der Waals surface area contributed by atoms with Crippen LogP contribution in [0.3, 0.4) is 0 Å². The van der Waals surface area contributed by atoms with E-state index in [2.05, 4.69) is 0 Å². The highest BCUT2D eigenvalue weighted by Crippen LogP contribution is 2.11. The smallest absolute Gasteiger partial charge is 0.418 e. The molecule has 0 aromatic rings. The molecule has 0 aliphatic carbocycles. The van der Waals surface area contributed by atoms with Gasteiger partial charge in [0.05, 0.1) is 6.10 Å². The minimum atomic E-state index is -0.694. The van der Waals surface area contributed by atoms with Crippen LogP contribution in [0.4, 0.5) is 4.79 Å². The molecule has 0 rings (SSSR count). The zero-order valence-electron chi connectivity index (χ0n) is 14.1. The molecule has 126 valence electrons. The van der Waals surface area contributed by atoms with E-state index < -0.39 is 24.2 Å². The maximum Gasteiger partial charge on any atom is 0.418 e. The van der Waals surface area contributed by atoms with Crippen LogP contribution in [0.25, 0.3) is 0 Å². The molecule has 7 nitrogen and oxygen atoms in total. The van der Waals surface area contributed by atoms with Gasteiger partial charge in [-0.2, -0.15) is 0 Å². The van der Waals surface area contributed by atoms with E-state index in [-0.39, 0.29) is 6.10 Å². The molecule has 0 bridgehead atoms. The first-order valence-corrected chi connectivity index (χ1v) is 7.11. The number of nitrogens with zero attached hydrogens (tertiary/aromatic N) is 2. The van der Waals surface area contributed by atoms with Crippen LogP contribution < -0.4 is 5.73 Å². The minimum absolute atomic E-state index is 0.238. The Kier molecular flexibility index (Phi) is 8.93. The molecular formula is C15H27N3O4. The van der Waals surface area contributed by atoms with Gasteiger partial charge < -0.3 is 15.2 Å². The third kappa shape index (κ3) is 6.62. The summed E-state index contributed by atoms with van der Waals surface area (Å²) < 4.78 is 10.5. The quantitative estimate of drug-likeness (QED) is 0.720. The second-order valence-corrected chi connectivity index (χ2v) is 5.21. The highest BCUT2D eigenvalue weighted by Gasteiger charge is 2.32. The summed E-state index contributed by atoms with van der Waals surface area (Å²) in [5, 5.41) is 0. The third-order valence-corrected chi connectivity index (χ3v) is 2.65. The van der Waals surface area contributed by atoms with Gasteiger partial charge in [-0.1, -0.05) is 6.08 Å². The Morgan fingerprint density at radius 1 is 1.09 bits per heavy atom. The van der Waals surface area contributed by atoms with E-state index >= 15 is 0 Å². The Balaban J connectivity index is 4.99. The van der Waals surface area contributed by atoms with Crippen molar-refractivity contribution < 1.29 is 19.1 Å². The molecule has 0 aromatic heterocycles. The molecule has 2 atom stereocenters. The molecule has 22 heavy (non-hydrogen) atoms. The molecule has 0 aromatic carbocycles. The molecule has 1 amide bonds. The number of carbonyl (C=O) groups is 2. The first-order chi connectivity index (χ1) is 10.2. The van der Waals surface area contributed by atoms with Crippen LogP contribution in [0.2, 0.25) is 0 Å². The Morgan fingerprint density at radius 3 is 2.09 bits per heavy atom. The summed E-state index contributed by atoms with van der Waals surface area (Å²) in [5.74, 6) is -0.438. The first-order valence-electron chi connectivity index (χ1n) is 7.11. The Morgan fingerprint density at radius 2 is 1.68 bits per heavy atom. The predicted octanol–water partition coefficient (Wildman–Crippen LogP) is 1.66. The first kappa shape index (κ1) is 20.0. The number of hydrogen-bond donors (Lipinski definition) is 1. The zero-order valence-corrected chi connectivity index (χ0v) is 14.1. The standard InChI is InChI=1S/C15H27N3O4/c1-7-9-18(10-8-16)15(20)22-12(4)13(17(5)6)14(19)21-11(2)3/h7-13H,16H2,1-6H3/b9-7-,10-8-/t12-,13+/m1/s1. The topological polar surface area (TPSA) is 85.1 Å². The molecule has 0 aliphatic heterocycles. The van der Waals surface area contributed by atoms with Gasteiger partial charge in [-0.05, 0) is 41.8 Å². The van der Waals surface area contributed by atoms with Gasteiger partial charge in [-0.25, -0.2) is 4.79 Å². The van der Waals surface area contributed by atoms with Gasteiger partial charge >= 0.3 is 12.1 Å². The van der Waals surface area contributed by atoms with Gasteiger partial charge in [0.15, 0.2) is 0 Å². The van der Waals surface area contributed by atoms with E-state index in [4.69, 9.17) is 15.2 Å². The average molecular weight is 313 g/mol. The highest BCUT2D eigenvalue weighted by atomic mass is 16.6. The number of amides is 1. The molecule has 0 aliphatic rings. The van der Waals surface area contributed by atoms with E-state index in [1.807, 2.05) is 0 Å². The summed E-state index contributed by atoms with van der Waals surface area (Å²) in [4.78, 5) is 27.0. The van der Waals surface area contributed by atoms with E-state index in [0.717, 1.165) is 0 Å². The van der Waals surface area contributed by atoms with Crippen LogP contribution in [0.15, 0.2) is 24.7 Å². The average Bonchev–Trinajstić information content (AvgIpc) is 2.36. The molecule has 7 heteroatoms. The van der Waals surface area contributed by atoms with Crippen LogP contribution in [-0.2, 0) is 14.3 Å². The van der Waals surface area contributed by atoms with Gasteiger partial charge in [-0.15, -0.1) is 0 Å². The molecule has 2 N–H and O–H groups in total. The summed E-state index contributed by atoms with van der Waals surface area (Å²) in [7, 11) is 3.44. The molecule has 0 fully saturated rings. The number of hydrogen-bond acceptors (Lipinski definition) is 6. The highest BCUT2D eigenvalue weighted by molar-refractivity contribution is 5.77. The van der Waals surface area contributed by atoms with E-state index in [9.17, 15) is 9.59 Å². The van der Waals surface area contributed by atoms with Gasteiger partial charge in [0, 0.05) is 18.6 Å². The van der Waals surface area contributed by atoms with Crippen molar-refractivity contribution in [3.63, 3.8) is 0 Å². The molecule has 0 heterocycles. The lowest BCUT2D eigenvalue weighted by atomic mass is 10.1. The van der Waals surface area contributed by atoms with Crippen molar-refractivity contribution in [2.24, 2.45) is 5.73 Å². The number of allylic oxidation sites excluding steroid dienone is 1. The number of esters is 1. The van der Waals surface area contributed by atoms with Gasteiger partial charge in [0.25, 0.3) is 0 Å². The van der Waals surface area contributed by atoms with Crippen LogP contribution >= 0.6 is 0 Å². The van der Waals surface area contributed by atoms with E-state index in [0.29, 0.717) is 0 Å². The summed E-state index contributed by atoms with van der Waals surface area (Å²) in [6.45, 7) is 6.93. The monoisotopic (exact) mass is 313 g/mol. The molecule has 0 unspecified atom stereocenters. The maximum absolute atomic E-state index is 12.1. The Hall–Kier alpha value is -2.02. The van der Waals surface area contributed by atoms with Crippen molar-refractivity contribution in [2.75, 3.05) is 14.1 Å². The lowest BCUT2D eigenvalue weighted by Crippen LogP contribution is -2.48. The fourth-order valence-electron chi connectivity index (χ4n) is 1.83. The molecule has 0 saturated heterocycles. The van der Waals surface area contributed by atoms with Crippen molar-refractivity contribution in [2.45, 2.75) is 45.9 Å². The van der Waals surface area contributed by atoms with Crippen molar-refractivity contribution in [1.82, 2.24) is 9.80 Å². The Labute approximate surface area is 132 Å². The van der Waals surface area contributed by atoms with Crippen molar-refractivity contribution >= 4 is 12.1 Å². The van der Waals surface area contributed by atoms with E-state index in [1.54, 1.807) is 52.8 Å². The maximum atomic E-state index is 12.1. The number of nitrogens with two attached hydrogens (primary N) is 1. The number of carbonyl (C=O) groups excluding carboxylic acids is 2. The molecular weight excluding hydrogens is 286 g/mol. The van der Waals surface area contributed by atoms with Crippen molar-refractivity contribution in [1.29, 1.82) is 0 Å². The van der Waals surface area contributed by atoms with Crippen LogP contribution in [0.1, 0.15) is 27.7 Å². The van der Waals surface area contributed by atoms with Crippen molar-refractivity contribution in [3.05, 3.63) is 24.7 Å². The number of likely N-dealkylation sites (N-methyl/N-ethyl adjacent to an activating group) is 1. The molecule has 0 spiro atoms. The fraction of sp³-hybridized carbons (Fsp3) is 0.600. The largest absolute Gasteiger partial charge is 0.462 e. The number of rotatable bonds is 7. The van der Waals surface area contributed by atoms with Gasteiger partial charge in [0.1, 0.15) is 12.1 Å². The van der Waals surface area contributed by atoms with Crippen LogP contribution in [0, 0.1) is 0 Å². The molecule has 0 radical (unpaired) electrons. The summed E-state index contributed by atoms with van der Waals surface area (Å²) in [6, 6.07) is -0.694. The van der Waals surface area contributed by atoms with Crippen LogP contribution in [0.5, 0.6) is 0 Å². The predicted molar refractivity (Wildman–Crippen MR) is 84.6 cm³/mol. The van der Waals surface area contributed by atoms with Gasteiger partial charge in [0.2, 0.25) is 0 Å². The molecule has 0 saturated carbocycles. The number of ether oxygens (including phenoxy) is 2. The summed E-state index contributed by atoms with van der Waals surface area (Å²) in [6.07, 6.45) is 4.22. The second-order valence-electron chi connectivity index (χ2n) is 5.21. The second kappa shape index (κ2) is 9.83. The van der Waals surface area contributed by atoms with E-state index in [1.165, 1.54) is 23.5 Å². The fourth-order valence-corrected chi connectivity index (χ4v) is 1.83. The van der Waals surface area contributed by atoms with Gasteiger partial charge in [-0.3, -0.25) is 14.6 Å². The third-order valence-electron chi connectivity index (χ3n) is 2.65. The lowest BCUT2D eigenvalue weighted by Gasteiger charge is -2.29. The summed E-state index contributed by atoms with van der Waals surface area (Å²) >= 11 is 0. The lowest BCUT2D eigenvalue weighted by molar-refractivity contribution is -0.156. The van der Waals surface area contributed by atoms with Crippen LogP contribution in [-0.4, -0.2) is 54.2 Å². The zero-order chi connectivity index (χ0) is 17.3. The Bertz CT molecular complexity index is 407. The van der Waals surface area contributed by atoms with Crippen molar-refractivity contribution in [3.8, 4) is 0 Å². The normalized spacial score (nSPS) is 14.5. The summed E-state index contributed by atoms with van der Waals surface area (Å²) in [5.41, 5.74) is 5.29. The SMILES string of the molecule is C/C=C\N(/C=C\N)C(=O)O[C@H](C)[C@@H](C(=O)OC(C)C)N(C)C.